The molecule has 128 valence electrons. The molecular formula is C20H21N3O2. The number of rotatable bonds is 4. The van der Waals surface area contributed by atoms with Crippen LogP contribution in [0.1, 0.15) is 28.8 Å². The van der Waals surface area contributed by atoms with Gasteiger partial charge >= 0.3 is 0 Å². The number of imidazole rings is 1. The highest BCUT2D eigenvalue weighted by Crippen LogP contribution is 2.21. The van der Waals surface area contributed by atoms with Crippen molar-refractivity contribution < 1.29 is 9.53 Å². The number of hydrogen-bond acceptors (Lipinski definition) is 3. The molecule has 0 bridgehead atoms. The minimum atomic E-state index is -0.0673. The second-order valence-electron chi connectivity index (χ2n) is 6.53. The van der Waals surface area contributed by atoms with Crippen LogP contribution in [0.25, 0.3) is 22.4 Å². The largest absolute Gasteiger partial charge is 0.376 e. The van der Waals surface area contributed by atoms with Crippen LogP contribution in [0.2, 0.25) is 0 Å². The van der Waals surface area contributed by atoms with Crippen molar-refractivity contribution in [2.45, 2.75) is 25.9 Å². The average molecular weight is 335 g/mol. The van der Waals surface area contributed by atoms with Crippen molar-refractivity contribution in [3.8, 4) is 11.4 Å². The van der Waals surface area contributed by atoms with Crippen molar-refractivity contribution in [2.75, 3.05) is 13.2 Å². The molecule has 1 saturated heterocycles. The summed E-state index contributed by atoms with van der Waals surface area (Å²) in [5.74, 6) is 0.745. The quantitative estimate of drug-likeness (QED) is 0.767. The number of carbonyl (C=O) groups excluding carboxylic acids is 1. The van der Waals surface area contributed by atoms with Gasteiger partial charge in [-0.25, -0.2) is 4.98 Å². The lowest BCUT2D eigenvalue weighted by Gasteiger charge is -2.10. The number of fused-ring (bicyclic) bond motifs is 1. The van der Waals surface area contributed by atoms with E-state index in [2.05, 4.69) is 34.3 Å². The SMILES string of the molecule is Cc1ccc2nc(-c3ccc(C(=O)NC[C@@H]4CCCO4)cc3)[nH]c2c1. The Hall–Kier alpha value is -2.66. The van der Waals surface area contributed by atoms with Crippen LogP contribution in [0.3, 0.4) is 0 Å². The summed E-state index contributed by atoms with van der Waals surface area (Å²) in [5, 5.41) is 2.94. The van der Waals surface area contributed by atoms with Gasteiger partial charge in [-0.1, -0.05) is 18.2 Å². The van der Waals surface area contributed by atoms with Gasteiger partial charge in [0.05, 0.1) is 17.1 Å². The Kier molecular flexibility index (Phi) is 4.24. The molecule has 1 amide bonds. The number of carbonyl (C=O) groups is 1. The Balaban J connectivity index is 1.47. The molecule has 1 aromatic heterocycles. The van der Waals surface area contributed by atoms with Crippen LogP contribution < -0.4 is 5.32 Å². The van der Waals surface area contributed by atoms with E-state index >= 15 is 0 Å². The number of aryl methyl sites for hydroxylation is 1. The topological polar surface area (TPSA) is 67.0 Å². The lowest BCUT2D eigenvalue weighted by Crippen LogP contribution is -2.31. The Labute approximate surface area is 146 Å². The fraction of sp³-hybridized carbons (Fsp3) is 0.300. The van der Waals surface area contributed by atoms with Crippen molar-refractivity contribution >= 4 is 16.9 Å². The minimum absolute atomic E-state index is 0.0673. The molecule has 0 radical (unpaired) electrons. The van der Waals surface area contributed by atoms with Crippen LogP contribution in [-0.4, -0.2) is 35.1 Å². The van der Waals surface area contributed by atoms with E-state index in [9.17, 15) is 4.79 Å². The van der Waals surface area contributed by atoms with Crippen LogP contribution in [-0.2, 0) is 4.74 Å². The summed E-state index contributed by atoms with van der Waals surface area (Å²) in [6.07, 6.45) is 2.25. The van der Waals surface area contributed by atoms with E-state index in [0.29, 0.717) is 12.1 Å². The smallest absolute Gasteiger partial charge is 0.251 e. The summed E-state index contributed by atoms with van der Waals surface area (Å²) < 4.78 is 5.53. The molecule has 3 aromatic rings. The zero-order valence-electron chi connectivity index (χ0n) is 14.2. The standard InChI is InChI=1S/C20H21N3O2/c1-13-4-9-17-18(11-13)23-19(22-17)14-5-7-15(8-6-14)20(24)21-12-16-3-2-10-25-16/h4-9,11,16H,2-3,10,12H2,1H3,(H,21,24)(H,22,23)/t16-/m0/s1. The zero-order valence-corrected chi connectivity index (χ0v) is 14.2. The second-order valence-corrected chi connectivity index (χ2v) is 6.53. The summed E-state index contributed by atoms with van der Waals surface area (Å²) in [7, 11) is 0. The third-order valence-electron chi connectivity index (χ3n) is 4.57. The predicted molar refractivity (Wildman–Crippen MR) is 97.6 cm³/mol. The van der Waals surface area contributed by atoms with Gasteiger partial charge < -0.3 is 15.0 Å². The van der Waals surface area contributed by atoms with Crippen LogP contribution in [0.5, 0.6) is 0 Å². The first-order valence-electron chi connectivity index (χ1n) is 8.66. The second kappa shape index (κ2) is 6.69. The molecular weight excluding hydrogens is 314 g/mol. The van der Waals surface area contributed by atoms with Crippen LogP contribution in [0.4, 0.5) is 0 Å². The highest BCUT2D eigenvalue weighted by Gasteiger charge is 2.16. The molecule has 5 heteroatoms. The number of ether oxygens (including phenoxy) is 1. The molecule has 2 N–H and O–H groups in total. The number of aromatic nitrogens is 2. The van der Waals surface area contributed by atoms with Gasteiger partial charge in [0, 0.05) is 24.3 Å². The first-order chi connectivity index (χ1) is 12.2. The van der Waals surface area contributed by atoms with Crippen molar-refractivity contribution in [1.29, 1.82) is 0 Å². The third-order valence-corrected chi connectivity index (χ3v) is 4.57. The van der Waals surface area contributed by atoms with Gasteiger partial charge in [0.15, 0.2) is 0 Å². The Bertz CT molecular complexity index is 893. The molecule has 0 unspecified atom stereocenters. The number of nitrogens with zero attached hydrogens (tertiary/aromatic N) is 1. The molecule has 5 nitrogen and oxygen atoms in total. The first-order valence-corrected chi connectivity index (χ1v) is 8.66. The number of amides is 1. The van der Waals surface area contributed by atoms with Crippen molar-refractivity contribution in [2.24, 2.45) is 0 Å². The maximum atomic E-state index is 12.2. The van der Waals surface area contributed by atoms with E-state index in [1.54, 1.807) is 0 Å². The molecule has 25 heavy (non-hydrogen) atoms. The average Bonchev–Trinajstić information content (AvgIpc) is 3.29. The van der Waals surface area contributed by atoms with Gasteiger partial charge in [-0.05, 0) is 49.6 Å². The maximum Gasteiger partial charge on any atom is 0.251 e. The zero-order chi connectivity index (χ0) is 17.2. The van der Waals surface area contributed by atoms with Crippen molar-refractivity contribution in [3.05, 3.63) is 53.6 Å². The molecule has 4 rings (SSSR count). The molecule has 1 fully saturated rings. The van der Waals surface area contributed by atoms with Crippen LogP contribution in [0.15, 0.2) is 42.5 Å². The third kappa shape index (κ3) is 3.42. The van der Waals surface area contributed by atoms with Gasteiger partial charge in [-0.3, -0.25) is 4.79 Å². The van der Waals surface area contributed by atoms with E-state index in [1.165, 1.54) is 5.56 Å². The molecule has 2 heterocycles. The summed E-state index contributed by atoms with van der Waals surface area (Å²) in [6, 6.07) is 13.7. The fourth-order valence-electron chi connectivity index (χ4n) is 3.15. The maximum absolute atomic E-state index is 12.2. The normalized spacial score (nSPS) is 17.1. The molecule has 2 aromatic carbocycles. The van der Waals surface area contributed by atoms with Crippen molar-refractivity contribution in [3.63, 3.8) is 0 Å². The fourth-order valence-corrected chi connectivity index (χ4v) is 3.15. The van der Waals surface area contributed by atoms with Gasteiger partial charge in [0.2, 0.25) is 0 Å². The lowest BCUT2D eigenvalue weighted by molar-refractivity contribution is 0.0858. The van der Waals surface area contributed by atoms with E-state index in [0.717, 1.165) is 41.9 Å². The number of H-pyrrole nitrogens is 1. The molecule has 0 spiro atoms. The van der Waals surface area contributed by atoms with E-state index < -0.39 is 0 Å². The minimum Gasteiger partial charge on any atom is -0.376 e. The van der Waals surface area contributed by atoms with Gasteiger partial charge in [0.25, 0.3) is 5.91 Å². The van der Waals surface area contributed by atoms with E-state index in [1.807, 2.05) is 30.3 Å². The number of benzene rings is 2. The number of hydrogen-bond donors (Lipinski definition) is 2. The molecule has 1 atom stereocenters. The Morgan fingerprint density at radius 3 is 2.88 bits per heavy atom. The Morgan fingerprint density at radius 1 is 1.28 bits per heavy atom. The lowest BCUT2D eigenvalue weighted by atomic mass is 10.1. The van der Waals surface area contributed by atoms with Gasteiger partial charge in [-0.2, -0.15) is 0 Å². The molecule has 0 aliphatic carbocycles. The molecule has 0 saturated carbocycles. The summed E-state index contributed by atoms with van der Waals surface area (Å²) in [6.45, 7) is 3.43. The van der Waals surface area contributed by atoms with E-state index in [-0.39, 0.29) is 12.0 Å². The molecule has 1 aliphatic rings. The monoisotopic (exact) mass is 335 g/mol. The Morgan fingerprint density at radius 2 is 2.12 bits per heavy atom. The summed E-state index contributed by atoms with van der Waals surface area (Å²) in [5.41, 5.74) is 4.77. The number of nitrogens with one attached hydrogen (secondary N) is 2. The van der Waals surface area contributed by atoms with E-state index in [4.69, 9.17) is 4.74 Å². The first kappa shape index (κ1) is 15.8. The molecule has 1 aliphatic heterocycles. The highest BCUT2D eigenvalue weighted by atomic mass is 16.5. The van der Waals surface area contributed by atoms with Crippen LogP contribution in [0, 0.1) is 6.92 Å². The van der Waals surface area contributed by atoms with Crippen LogP contribution >= 0.6 is 0 Å². The predicted octanol–water partition coefficient (Wildman–Crippen LogP) is 3.45. The highest BCUT2D eigenvalue weighted by molar-refractivity contribution is 5.94. The number of aromatic amines is 1. The van der Waals surface area contributed by atoms with Gasteiger partial charge in [0.1, 0.15) is 5.82 Å². The summed E-state index contributed by atoms with van der Waals surface area (Å²) >= 11 is 0. The summed E-state index contributed by atoms with van der Waals surface area (Å²) in [4.78, 5) is 20.2. The van der Waals surface area contributed by atoms with Gasteiger partial charge in [-0.15, -0.1) is 0 Å². The van der Waals surface area contributed by atoms with Crippen molar-refractivity contribution in [1.82, 2.24) is 15.3 Å².